The van der Waals surface area contributed by atoms with Crippen molar-refractivity contribution < 1.29 is 13.6 Å². The fourth-order valence-corrected chi connectivity index (χ4v) is 5.37. The van der Waals surface area contributed by atoms with Gasteiger partial charge in [-0.05, 0) is 18.9 Å². The van der Waals surface area contributed by atoms with Crippen molar-refractivity contribution in [1.82, 2.24) is 29.3 Å². The van der Waals surface area contributed by atoms with Gasteiger partial charge in [-0.15, -0.1) is 0 Å². The SMILES string of the molecule is Cn1cc(-c2cc3c(N4CC5CCC(C4)N5C(=O)C4CC(F)(F)C4)ncnn3c2)cn1. The second-order valence-electron chi connectivity index (χ2n) is 9.04. The molecule has 1 amide bonds. The zero-order valence-electron chi connectivity index (χ0n) is 17.2. The molecule has 31 heavy (non-hydrogen) atoms. The van der Waals surface area contributed by atoms with Gasteiger partial charge in [0.15, 0.2) is 5.82 Å². The number of carbonyl (C=O) groups is 1. The van der Waals surface area contributed by atoms with Crippen molar-refractivity contribution in [3.63, 3.8) is 0 Å². The van der Waals surface area contributed by atoms with Crippen molar-refractivity contribution in [2.24, 2.45) is 13.0 Å². The van der Waals surface area contributed by atoms with Crippen LogP contribution < -0.4 is 4.90 Å². The van der Waals surface area contributed by atoms with Crippen LogP contribution in [0.3, 0.4) is 0 Å². The minimum absolute atomic E-state index is 0.0447. The Balaban J connectivity index is 1.26. The van der Waals surface area contributed by atoms with E-state index in [9.17, 15) is 13.6 Å². The zero-order valence-corrected chi connectivity index (χ0v) is 17.2. The summed E-state index contributed by atoms with van der Waals surface area (Å²) in [5, 5.41) is 8.60. The molecule has 2 unspecified atom stereocenters. The smallest absolute Gasteiger partial charge is 0.249 e. The molecule has 3 fully saturated rings. The summed E-state index contributed by atoms with van der Waals surface area (Å²) in [5.41, 5.74) is 2.92. The Morgan fingerprint density at radius 1 is 1.10 bits per heavy atom. The maximum atomic E-state index is 13.3. The van der Waals surface area contributed by atoms with E-state index in [0.717, 1.165) is 35.3 Å². The molecule has 2 aliphatic heterocycles. The lowest BCUT2D eigenvalue weighted by atomic mass is 9.80. The van der Waals surface area contributed by atoms with E-state index in [-0.39, 0.29) is 30.8 Å². The number of nitrogens with zero attached hydrogens (tertiary/aromatic N) is 7. The van der Waals surface area contributed by atoms with Crippen LogP contribution in [0.25, 0.3) is 16.6 Å². The minimum Gasteiger partial charge on any atom is -0.351 e. The summed E-state index contributed by atoms with van der Waals surface area (Å²) >= 11 is 0. The Morgan fingerprint density at radius 2 is 1.84 bits per heavy atom. The fraction of sp³-hybridized carbons (Fsp3) is 0.524. The third-order valence-corrected chi connectivity index (χ3v) is 6.90. The van der Waals surface area contributed by atoms with Crippen molar-refractivity contribution in [3.8, 4) is 11.1 Å². The van der Waals surface area contributed by atoms with Crippen molar-refractivity contribution >= 4 is 17.2 Å². The third kappa shape index (κ3) is 2.99. The predicted octanol–water partition coefficient (Wildman–Crippen LogP) is 2.35. The fourth-order valence-electron chi connectivity index (χ4n) is 5.37. The summed E-state index contributed by atoms with van der Waals surface area (Å²) in [6, 6.07) is 2.15. The molecule has 0 aromatic carbocycles. The molecule has 0 N–H and O–H groups in total. The maximum Gasteiger partial charge on any atom is 0.249 e. The van der Waals surface area contributed by atoms with Gasteiger partial charge in [-0.3, -0.25) is 9.48 Å². The van der Waals surface area contributed by atoms with Crippen LogP contribution >= 0.6 is 0 Å². The van der Waals surface area contributed by atoms with Crippen molar-refractivity contribution in [2.45, 2.75) is 43.7 Å². The molecule has 6 rings (SSSR count). The Labute approximate surface area is 177 Å². The third-order valence-electron chi connectivity index (χ3n) is 6.90. The number of aryl methyl sites for hydroxylation is 1. The second-order valence-corrected chi connectivity index (χ2v) is 9.04. The molecule has 2 atom stereocenters. The number of hydrogen-bond donors (Lipinski definition) is 0. The number of carbonyl (C=O) groups excluding carboxylic acids is 1. The van der Waals surface area contributed by atoms with Crippen LogP contribution in [0, 0.1) is 5.92 Å². The summed E-state index contributed by atoms with van der Waals surface area (Å²) in [4.78, 5) is 21.6. The molecule has 0 spiro atoms. The number of alkyl halides is 2. The highest BCUT2D eigenvalue weighted by atomic mass is 19.3. The summed E-state index contributed by atoms with van der Waals surface area (Å²) in [6.45, 7) is 1.32. The van der Waals surface area contributed by atoms with Crippen LogP contribution in [0.1, 0.15) is 25.7 Å². The highest BCUT2D eigenvalue weighted by Gasteiger charge is 2.53. The summed E-state index contributed by atoms with van der Waals surface area (Å²) in [5.74, 6) is -2.45. The average Bonchev–Trinajstić information content (AvgIpc) is 3.40. The lowest BCUT2D eigenvalue weighted by Crippen LogP contribution is -2.59. The molecular formula is C21H23F2N7O. The topological polar surface area (TPSA) is 71.6 Å². The van der Waals surface area contributed by atoms with Crippen molar-refractivity contribution in [2.75, 3.05) is 18.0 Å². The average molecular weight is 427 g/mol. The first kappa shape index (κ1) is 18.7. The van der Waals surface area contributed by atoms with Gasteiger partial charge < -0.3 is 9.80 Å². The van der Waals surface area contributed by atoms with Crippen LogP contribution in [0.15, 0.2) is 31.0 Å². The Bertz CT molecular complexity index is 1150. The number of rotatable bonds is 3. The predicted molar refractivity (Wildman–Crippen MR) is 109 cm³/mol. The number of halogens is 2. The van der Waals surface area contributed by atoms with Crippen LogP contribution in [0.2, 0.25) is 0 Å². The van der Waals surface area contributed by atoms with Gasteiger partial charge >= 0.3 is 0 Å². The van der Waals surface area contributed by atoms with E-state index in [4.69, 9.17) is 0 Å². The van der Waals surface area contributed by atoms with Gasteiger partial charge in [0.2, 0.25) is 11.8 Å². The molecule has 0 radical (unpaired) electrons. The maximum absolute atomic E-state index is 13.3. The van der Waals surface area contributed by atoms with Gasteiger partial charge in [0.05, 0.1) is 6.20 Å². The van der Waals surface area contributed by atoms with Gasteiger partial charge in [0.25, 0.3) is 0 Å². The minimum atomic E-state index is -2.67. The molecule has 1 aliphatic carbocycles. The summed E-state index contributed by atoms with van der Waals surface area (Å²) in [7, 11) is 1.88. The van der Waals surface area contributed by atoms with Gasteiger partial charge in [-0.2, -0.15) is 10.2 Å². The molecule has 1 saturated carbocycles. The van der Waals surface area contributed by atoms with E-state index in [2.05, 4.69) is 26.1 Å². The first-order valence-corrected chi connectivity index (χ1v) is 10.7. The van der Waals surface area contributed by atoms with Crippen LogP contribution in [-0.4, -0.2) is 66.3 Å². The Morgan fingerprint density at radius 3 is 2.48 bits per heavy atom. The monoisotopic (exact) mass is 427 g/mol. The number of anilines is 1. The molecule has 2 saturated heterocycles. The van der Waals surface area contributed by atoms with E-state index >= 15 is 0 Å². The largest absolute Gasteiger partial charge is 0.351 e. The first-order chi connectivity index (χ1) is 14.9. The molecular weight excluding hydrogens is 404 g/mol. The molecule has 2 bridgehead atoms. The summed E-state index contributed by atoms with van der Waals surface area (Å²) in [6.07, 6.45) is 8.47. The molecule has 8 nitrogen and oxygen atoms in total. The van der Waals surface area contributed by atoms with Crippen LogP contribution in [0.4, 0.5) is 14.6 Å². The number of piperazine rings is 1. The highest BCUT2D eigenvalue weighted by Crippen LogP contribution is 2.45. The molecule has 162 valence electrons. The lowest BCUT2D eigenvalue weighted by molar-refractivity contribution is -0.162. The molecule has 10 heteroatoms. The quantitative estimate of drug-likeness (QED) is 0.642. The molecule has 5 heterocycles. The van der Waals surface area contributed by atoms with Gasteiger partial charge in [0, 0.05) is 74.5 Å². The zero-order chi connectivity index (χ0) is 21.3. The summed E-state index contributed by atoms with van der Waals surface area (Å²) < 4.78 is 30.1. The number of aromatic nitrogens is 5. The van der Waals surface area contributed by atoms with Crippen LogP contribution in [0.5, 0.6) is 0 Å². The van der Waals surface area contributed by atoms with E-state index in [1.165, 1.54) is 0 Å². The van der Waals surface area contributed by atoms with E-state index < -0.39 is 11.8 Å². The van der Waals surface area contributed by atoms with E-state index in [1.807, 2.05) is 35.1 Å². The Kier molecular flexibility index (Phi) is 3.91. The highest BCUT2D eigenvalue weighted by molar-refractivity contribution is 5.82. The Hall–Kier alpha value is -3.04. The second kappa shape index (κ2) is 6.48. The molecule has 3 aromatic heterocycles. The molecule has 3 aliphatic rings. The van der Waals surface area contributed by atoms with Gasteiger partial charge in [-0.1, -0.05) is 0 Å². The standard InChI is InChI=1S/C21H23F2N7O/c1-27-8-15(7-25-27)13-4-18-19(24-12-26-29(18)9-13)28-10-16-2-3-17(11-28)30(16)20(31)14-5-21(22,23)6-14/h4,7-9,12,14,16-17H,2-3,5-6,10-11H2,1H3. The van der Waals surface area contributed by atoms with Gasteiger partial charge in [-0.25, -0.2) is 18.3 Å². The number of fused-ring (bicyclic) bond motifs is 3. The molecule has 3 aromatic rings. The number of amides is 1. The van der Waals surface area contributed by atoms with Gasteiger partial charge in [0.1, 0.15) is 11.8 Å². The van der Waals surface area contributed by atoms with Crippen molar-refractivity contribution in [3.05, 3.63) is 31.0 Å². The van der Waals surface area contributed by atoms with E-state index in [0.29, 0.717) is 13.1 Å². The first-order valence-electron chi connectivity index (χ1n) is 10.7. The number of hydrogen-bond acceptors (Lipinski definition) is 5. The van der Waals surface area contributed by atoms with E-state index in [1.54, 1.807) is 11.0 Å². The van der Waals surface area contributed by atoms with Crippen LogP contribution in [-0.2, 0) is 11.8 Å². The van der Waals surface area contributed by atoms with Crippen molar-refractivity contribution in [1.29, 1.82) is 0 Å². The normalized spacial score (nSPS) is 25.3. The lowest BCUT2D eigenvalue weighted by Gasteiger charge is -2.45.